The van der Waals surface area contributed by atoms with E-state index < -0.39 is 36.3 Å². The van der Waals surface area contributed by atoms with Gasteiger partial charge in [0.2, 0.25) is 0 Å². The molecule has 1 atom stereocenters. The number of methoxy groups -OCH3 is 1. The molecule has 0 aliphatic carbocycles. The standard InChI is InChI=1S/C15H13F3N2O4/c1-24-12(21)6-11(20-14(23)15(16,17)18)13(22)9-7-19-10-5-3-2-4-8(9)10/h2-5,7,11,19H,6H2,1H3,(H,20,23)/t11-/m0/s1. The minimum Gasteiger partial charge on any atom is -0.469 e. The predicted molar refractivity (Wildman–Crippen MR) is 77.2 cm³/mol. The molecule has 2 rings (SSSR count). The molecule has 0 aliphatic heterocycles. The number of Topliss-reactive ketones (excluding diaryl/α,β-unsaturated/α-hetero) is 1. The number of rotatable bonds is 5. The molecule has 1 aromatic carbocycles. The number of ether oxygens (including phenoxy) is 1. The SMILES string of the molecule is COC(=O)C[C@H](NC(=O)C(F)(F)F)C(=O)c1c[nH]c2ccccc12. The van der Waals surface area contributed by atoms with Gasteiger partial charge in [-0.05, 0) is 6.07 Å². The van der Waals surface area contributed by atoms with Gasteiger partial charge in [-0.3, -0.25) is 14.4 Å². The van der Waals surface area contributed by atoms with Crippen LogP contribution >= 0.6 is 0 Å². The van der Waals surface area contributed by atoms with Crippen LogP contribution in [0.15, 0.2) is 30.5 Å². The lowest BCUT2D eigenvalue weighted by atomic mass is 10.0. The fourth-order valence-corrected chi connectivity index (χ4v) is 2.16. The normalized spacial score (nSPS) is 12.7. The van der Waals surface area contributed by atoms with E-state index in [1.807, 2.05) is 0 Å². The highest BCUT2D eigenvalue weighted by Crippen LogP contribution is 2.21. The van der Waals surface area contributed by atoms with Crippen LogP contribution in [-0.2, 0) is 14.3 Å². The molecule has 1 heterocycles. The van der Waals surface area contributed by atoms with Crippen LogP contribution in [0, 0.1) is 0 Å². The van der Waals surface area contributed by atoms with Crippen molar-refractivity contribution in [2.24, 2.45) is 0 Å². The van der Waals surface area contributed by atoms with E-state index in [1.54, 1.807) is 29.6 Å². The summed E-state index contributed by atoms with van der Waals surface area (Å²) in [5, 5.41) is 2.02. The van der Waals surface area contributed by atoms with E-state index in [0.717, 1.165) is 7.11 Å². The zero-order valence-electron chi connectivity index (χ0n) is 12.4. The fraction of sp³-hybridized carbons (Fsp3) is 0.267. The first-order valence-corrected chi connectivity index (χ1v) is 6.79. The maximum absolute atomic E-state index is 12.5. The van der Waals surface area contributed by atoms with Gasteiger partial charge in [0.05, 0.1) is 13.5 Å². The van der Waals surface area contributed by atoms with Crippen LogP contribution in [0.4, 0.5) is 13.2 Å². The molecule has 0 fully saturated rings. The van der Waals surface area contributed by atoms with Crippen LogP contribution in [0.1, 0.15) is 16.8 Å². The molecule has 0 unspecified atom stereocenters. The average Bonchev–Trinajstić information content (AvgIpc) is 2.96. The van der Waals surface area contributed by atoms with Gasteiger partial charge in [-0.15, -0.1) is 0 Å². The second kappa shape index (κ2) is 6.73. The number of hydrogen-bond donors (Lipinski definition) is 2. The fourth-order valence-electron chi connectivity index (χ4n) is 2.16. The summed E-state index contributed by atoms with van der Waals surface area (Å²) in [7, 11) is 1.03. The molecule has 2 N–H and O–H groups in total. The minimum absolute atomic E-state index is 0.0713. The summed E-state index contributed by atoms with van der Waals surface area (Å²) in [5.74, 6) is -4.05. The third-order valence-electron chi connectivity index (χ3n) is 3.33. The molecular weight excluding hydrogens is 329 g/mol. The van der Waals surface area contributed by atoms with Gasteiger partial charge >= 0.3 is 18.1 Å². The molecule has 0 saturated carbocycles. The number of halogens is 3. The molecular formula is C15H13F3N2O4. The number of aromatic amines is 1. The second-order valence-electron chi connectivity index (χ2n) is 4.92. The van der Waals surface area contributed by atoms with E-state index in [0.29, 0.717) is 10.9 Å². The van der Waals surface area contributed by atoms with Gasteiger partial charge in [-0.2, -0.15) is 13.2 Å². The number of para-hydroxylation sites is 1. The van der Waals surface area contributed by atoms with Gasteiger partial charge in [0.15, 0.2) is 5.78 Å². The summed E-state index contributed by atoms with van der Waals surface area (Å²) >= 11 is 0. The molecule has 24 heavy (non-hydrogen) atoms. The predicted octanol–water partition coefficient (Wildman–Crippen LogP) is 1.96. The Balaban J connectivity index is 2.33. The van der Waals surface area contributed by atoms with Crippen molar-refractivity contribution in [3.8, 4) is 0 Å². The Hall–Kier alpha value is -2.84. The van der Waals surface area contributed by atoms with Crippen LogP contribution in [0.25, 0.3) is 10.9 Å². The monoisotopic (exact) mass is 342 g/mol. The topological polar surface area (TPSA) is 88.3 Å². The summed E-state index contributed by atoms with van der Waals surface area (Å²) in [4.78, 5) is 37.8. The summed E-state index contributed by atoms with van der Waals surface area (Å²) in [6.07, 6.45) is -4.57. The van der Waals surface area contributed by atoms with Crippen LogP contribution < -0.4 is 5.32 Å². The Kier molecular flexibility index (Phi) is 4.91. The molecule has 0 radical (unpaired) electrons. The van der Waals surface area contributed by atoms with Gasteiger partial charge in [-0.25, -0.2) is 0 Å². The van der Waals surface area contributed by atoms with Gasteiger partial charge in [0, 0.05) is 22.7 Å². The number of ketones is 1. The average molecular weight is 342 g/mol. The first-order valence-electron chi connectivity index (χ1n) is 6.79. The number of esters is 1. The summed E-state index contributed by atoms with van der Waals surface area (Å²) < 4.78 is 41.7. The third kappa shape index (κ3) is 3.73. The zero-order chi connectivity index (χ0) is 17.9. The van der Waals surface area contributed by atoms with Gasteiger partial charge < -0.3 is 15.0 Å². The lowest BCUT2D eigenvalue weighted by molar-refractivity contribution is -0.174. The number of hydrogen-bond acceptors (Lipinski definition) is 4. The summed E-state index contributed by atoms with van der Waals surface area (Å²) in [6.45, 7) is 0. The quantitative estimate of drug-likeness (QED) is 0.642. The van der Waals surface area contributed by atoms with Crippen LogP contribution in [0.3, 0.4) is 0 Å². The Morgan fingerprint density at radius 3 is 2.54 bits per heavy atom. The van der Waals surface area contributed by atoms with Gasteiger partial charge in [0.1, 0.15) is 6.04 Å². The van der Waals surface area contributed by atoms with E-state index >= 15 is 0 Å². The highest BCUT2D eigenvalue weighted by Gasteiger charge is 2.41. The van der Waals surface area contributed by atoms with Crippen molar-refractivity contribution in [1.29, 1.82) is 0 Å². The first-order chi connectivity index (χ1) is 11.2. The van der Waals surface area contributed by atoms with Crippen molar-refractivity contribution >= 4 is 28.6 Å². The second-order valence-corrected chi connectivity index (χ2v) is 4.92. The highest BCUT2D eigenvalue weighted by atomic mass is 19.4. The molecule has 9 heteroatoms. The lowest BCUT2D eigenvalue weighted by Crippen LogP contribution is -2.47. The third-order valence-corrected chi connectivity index (χ3v) is 3.33. The summed E-state index contributed by atoms with van der Waals surface area (Å²) in [6, 6.07) is 4.95. The molecule has 2 aromatic rings. The van der Waals surface area contributed by atoms with Crippen LogP contribution in [0.5, 0.6) is 0 Å². The number of carbonyl (C=O) groups excluding carboxylic acids is 3. The van der Waals surface area contributed by atoms with E-state index in [9.17, 15) is 27.6 Å². The number of H-pyrrole nitrogens is 1. The van der Waals surface area contributed by atoms with Crippen molar-refractivity contribution in [3.05, 3.63) is 36.0 Å². The highest BCUT2D eigenvalue weighted by molar-refractivity contribution is 6.12. The number of nitrogens with one attached hydrogen (secondary N) is 2. The Morgan fingerprint density at radius 2 is 1.92 bits per heavy atom. The summed E-state index contributed by atoms with van der Waals surface area (Å²) in [5.41, 5.74) is 0.668. The Bertz CT molecular complexity index is 782. The van der Waals surface area contributed by atoms with Crippen LogP contribution in [-0.4, -0.2) is 42.0 Å². The zero-order valence-corrected chi connectivity index (χ0v) is 12.4. The van der Waals surface area contributed by atoms with Crippen molar-refractivity contribution in [3.63, 3.8) is 0 Å². The minimum atomic E-state index is -5.17. The van der Waals surface area contributed by atoms with Gasteiger partial charge in [-0.1, -0.05) is 18.2 Å². The van der Waals surface area contributed by atoms with E-state index in [2.05, 4.69) is 9.72 Å². The molecule has 0 saturated heterocycles. The first kappa shape index (κ1) is 17.5. The number of carbonyl (C=O) groups is 3. The lowest BCUT2D eigenvalue weighted by Gasteiger charge is -2.17. The molecule has 6 nitrogen and oxygen atoms in total. The van der Waals surface area contributed by atoms with Crippen LogP contribution in [0.2, 0.25) is 0 Å². The number of aromatic nitrogens is 1. The van der Waals surface area contributed by atoms with Gasteiger partial charge in [0.25, 0.3) is 0 Å². The Labute approximate surface area is 134 Å². The molecule has 0 aliphatic rings. The van der Waals surface area contributed by atoms with Crippen molar-refractivity contribution in [2.45, 2.75) is 18.6 Å². The van der Waals surface area contributed by atoms with E-state index in [-0.39, 0.29) is 5.56 Å². The maximum Gasteiger partial charge on any atom is 0.471 e. The van der Waals surface area contributed by atoms with Crippen molar-refractivity contribution in [2.75, 3.05) is 7.11 Å². The molecule has 128 valence electrons. The van der Waals surface area contributed by atoms with E-state index in [1.165, 1.54) is 6.20 Å². The van der Waals surface area contributed by atoms with Crippen molar-refractivity contribution in [1.82, 2.24) is 10.3 Å². The molecule has 0 bridgehead atoms. The molecule has 1 aromatic heterocycles. The maximum atomic E-state index is 12.5. The van der Waals surface area contributed by atoms with E-state index in [4.69, 9.17) is 0 Å². The molecule has 1 amide bonds. The van der Waals surface area contributed by atoms with Crippen molar-refractivity contribution < 1.29 is 32.3 Å². The smallest absolute Gasteiger partial charge is 0.469 e. The number of fused-ring (bicyclic) bond motifs is 1. The number of alkyl halides is 3. The number of benzene rings is 1. The number of amides is 1. The Morgan fingerprint density at radius 1 is 1.25 bits per heavy atom. The molecule has 0 spiro atoms. The largest absolute Gasteiger partial charge is 0.471 e.